The number of anilines is 2. The molecule has 0 bridgehead atoms. The summed E-state index contributed by atoms with van der Waals surface area (Å²) in [5, 5.41) is 11.7. The fraction of sp³-hybridized carbons (Fsp3) is 0.429. The van der Waals surface area contributed by atoms with Crippen LogP contribution in [0.2, 0.25) is 0 Å². The molecule has 0 unspecified atom stereocenters. The first-order chi connectivity index (χ1) is 13.9. The van der Waals surface area contributed by atoms with E-state index in [1.807, 2.05) is 32.0 Å². The first-order valence-electron chi connectivity index (χ1n) is 9.77. The summed E-state index contributed by atoms with van der Waals surface area (Å²) in [6, 6.07) is 5.98. The molecule has 2 amide bonds. The number of amides is 2. The van der Waals surface area contributed by atoms with E-state index in [4.69, 9.17) is 5.21 Å². The van der Waals surface area contributed by atoms with Crippen molar-refractivity contribution >= 4 is 23.5 Å². The number of benzene rings is 1. The molecule has 0 saturated heterocycles. The predicted molar refractivity (Wildman–Crippen MR) is 111 cm³/mol. The number of nitrogens with zero attached hydrogens (tertiary/aromatic N) is 3. The van der Waals surface area contributed by atoms with Crippen molar-refractivity contribution in [3.05, 3.63) is 47.3 Å². The van der Waals surface area contributed by atoms with Gasteiger partial charge < -0.3 is 10.5 Å². The largest absolute Gasteiger partial charge is 0.324 e. The molecule has 29 heavy (non-hydrogen) atoms. The van der Waals surface area contributed by atoms with Crippen molar-refractivity contribution in [2.75, 3.05) is 18.9 Å². The van der Waals surface area contributed by atoms with Crippen molar-refractivity contribution in [1.82, 2.24) is 20.3 Å². The van der Waals surface area contributed by atoms with E-state index in [0.29, 0.717) is 25.3 Å². The van der Waals surface area contributed by atoms with Gasteiger partial charge in [0.25, 0.3) is 5.91 Å². The van der Waals surface area contributed by atoms with Gasteiger partial charge in [-0.05, 0) is 37.8 Å². The molecule has 1 aromatic heterocycles. The number of aromatic nitrogens is 2. The first kappa shape index (κ1) is 22.4. The molecule has 0 saturated carbocycles. The van der Waals surface area contributed by atoms with Crippen molar-refractivity contribution in [2.24, 2.45) is 0 Å². The molecule has 0 aliphatic carbocycles. The summed E-state index contributed by atoms with van der Waals surface area (Å²) < 4.78 is 0. The van der Waals surface area contributed by atoms with Crippen LogP contribution in [-0.4, -0.2) is 45.5 Å². The molecule has 8 nitrogen and oxygen atoms in total. The lowest BCUT2D eigenvalue weighted by Gasteiger charge is -2.15. The smallest absolute Gasteiger partial charge is 0.263 e. The normalized spacial score (nSPS) is 10.6. The Morgan fingerprint density at radius 3 is 2.28 bits per heavy atom. The zero-order valence-corrected chi connectivity index (χ0v) is 17.2. The summed E-state index contributed by atoms with van der Waals surface area (Å²) >= 11 is 0. The van der Waals surface area contributed by atoms with Gasteiger partial charge in [-0.15, -0.1) is 0 Å². The van der Waals surface area contributed by atoms with E-state index in [1.165, 1.54) is 19.4 Å². The van der Waals surface area contributed by atoms with Gasteiger partial charge in [0.15, 0.2) is 0 Å². The predicted octanol–water partition coefficient (Wildman–Crippen LogP) is 3.36. The number of hydrogen-bond acceptors (Lipinski definition) is 7. The second kappa shape index (κ2) is 11.2. The first-order valence-corrected chi connectivity index (χ1v) is 9.77. The second-order valence-corrected chi connectivity index (χ2v) is 7.02. The minimum atomic E-state index is -0.418. The van der Waals surface area contributed by atoms with Gasteiger partial charge in [-0.2, -0.15) is 0 Å². The van der Waals surface area contributed by atoms with Crippen molar-refractivity contribution < 1.29 is 14.8 Å². The third-order valence-electron chi connectivity index (χ3n) is 4.72. The van der Waals surface area contributed by atoms with E-state index < -0.39 is 5.91 Å². The number of rotatable bonds is 10. The summed E-state index contributed by atoms with van der Waals surface area (Å²) in [6.07, 6.45) is 6.50. The highest BCUT2D eigenvalue weighted by molar-refractivity contribution is 6.04. The molecule has 2 aromatic rings. The molecule has 1 heterocycles. The number of unbranched alkanes of at least 4 members (excludes halogenated alkanes) is 3. The van der Waals surface area contributed by atoms with Gasteiger partial charge in [0, 0.05) is 38.1 Å². The fourth-order valence-corrected chi connectivity index (χ4v) is 2.93. The number of nitrogens with one attached hydrogen (secondary N) is 2. The SMILES string of the molecule is Cc1cccc(C)c1Nc1ncc(C(=O)N(C)C(=O)CCCCCCNO)cn1. The molecule has 156 valence electrons. The van der Waals surface area contributed by atoms with E-state index in [1.54, 1.807) is 0 Å². The Labute approximate surface area is 171 Å². The summed E-state index contributed by atoms with van der Waals surface area (Å²) in [4.78, 5) is 34.3. The van der Waals surface area contributed by atoms with Crippen LogP contribution in [0.25, 0.3) is 0 Å². The lowest BCUT2D eigenvalue weighted by atomic mass is 10.1. The number of carbonyl (C=O) groups is 2. The molecule has 0 aliphatic rings. The molecule has 8 heteroatoms. The van der Waals surface area contributed by atoms with Crippen molar-refractivity contribution in [2.45, 2.75) is 46.0 Å². The molecule has 0 aliphatic heterocycles. The van der Waals surface area contributed by atoms with Crippen molar-refractivity contribution in [3.8, 4) is 0 Å². The van der Waals surface area contributed by atoms with Crippen molar-refractivity contribution in [3.63, 3.8) is 0 Å². The average Bonchev–Trinajstić information content (AvgIpc) is 2.72. The number of hydrogen-bond donors (Lipinski definition) is 3. The standard InChI is InChI=1S/C21H29N5O3/c1-15-9-8-10-16(2)19(15)25-21-22-13-17(14-23-21)20(28)26(3)18(27)11-6-4-5-7-12-24-29/h8-10,13-14,24,29H,4-7,11-12H2,1-3H3,(H,22,23,25). The molecule has 0 spiro atoms. The third kappa shape index (κ3) is 6.62. The Morgan fingerprint density at radius 2 is 1.66 bits per heavy atom. The lowest BCUT2D eigenvalue weighted by Crippen LogP contribution is -2.33. The summed E-state index contributed by atoms with van der Waals surface area (Å²) in [5.41, 5.74) is 5.46. The van der Waals surface area contributed by atoms with E-state index in [2.05, 4.69) is 20.8 Å². The number of aryl methyl sites for hydroxylation is 2. The van der Waals surface area contributed by atoms with Gasteiger partial charge in [0.2, 0.25) is 11.9 Å². The van der Waals surface area contributed by atoms with Crippen LogP contribution >= 0.6 is 0 Å². The summed E-state index contributed by atoms with van der Waals surface area (Å²) in [7, 11) is 1.48. The minimum absolute atomic E-state index is 0.229. The van der Waals surface area contributed by atoms with Crippen LogP contribution in [0.3, 0.4) is 0 Å². The fourth-order valence-electron chi connectivity index (χ4n) is 2.93. The molecule has 3 N–H and O–H groups in total. The van der Waals surface area contributed by atoms with Crippen molar-refractivity contribution in [1.29, 1.82) is 0 Å². The Hall–Kier alpha value is -2.84. The van der Waals surface area contributed by atoms with Crippen LogP contribution in [0.15, 0.2) is 30.6 Å². The van der Waals surface area contributed by atoms with Gasteiger partial charge in [-0.3, -0.25) is 14.5 Å². The molecule has 2 rings (SSSR count). The van der Waals surface area contributed by atoms with Gasteiger partial charge in [-0.1, -0.05) is 31.0 Å². The highest BCUT2D eigenvalue weighted by Gasteiger charge is 2.19. The number of imide groups is 1. The highest BCUT2D eigenvalue weighted by atomic mass is 16.5. The molecular formula is C21H29N5O3. The maximum absolute atomic E-state index is 12.5. The van der Waals surface area contributed by atoms with Gasteiger partial charge in [0.1, 0.15) is 0 Å². The quantitative estimate of drug-likeness (QED) is 0.415. The topological polar surface area (TPSA) is 107 Å². The maximum atomic E-state index is 12.5. The number of carbonyl (C=O) groups excluding carboxylic acids is 2. The Kier molecular flexibility index (Phi) is 8.69. The molecule has 0 atom stereocenters. The van der Waals surface area contributed by atoms with Crippen LogP contribution in [0.5, 0.6) is 0 Å². The van der Waals surface area contributed by atoms with E-state index >= 15 is 0 Å². The van der Waals surface area contributed by atoms with Crippen LogP contribution in [-0.2, 0) is 4.79 Å². The van der Waals surface area contributed by atoms with Crippen LogP contribution < -0.4 is 10.8 Å². The van der Waals surface area contributed by atoms with Gasteiger partial charge in [0.05, 0.1) is 5.56 Å². The van der Waals surface area contributed by atoms with E-state index in [-0.39, 0.29) is 11.5 Å². The summed E-state index contributed by atoms with van der Waals surface area (Å²) in [6.45, 7) is 4.54. The zero-order valence-electron chi connectivity index (χ0n) is 17.2. The maximum Gasteiger partial charge on any atom is 0.263 e. The Balaban J connectivity index is 1.89. The number of hydroxylamine groups is 1. The van der Waals surface area contributed by atoms with Crippen LogP contribution in [0.4, 0.5) is 11.6 Å². The van der Waals surface area contributed by atoms with E-state index in [0.717, 1.165) is 41.0 Å². The van der Waals surface area contributed by atoms with Crippen LogP contribution in [0.1, 0.15) is 53.6 Å². The molecular weight excluding hydrogens is 370 g/mol. The summed E-state index contributed by atoms with van der Waals surface area (Å²) in [5.74, 6) is -0.253. The second-order valence-electron chi connectivity index (χ2n) is 7.02. The molecule has 0 fully saturated rings. The molecule has 0 radical (unpaired) electrons. The van der Waals surface area contributed by atoms with Crippen LogP contribution in [0, 0.1) is 13.8 Å². The monoisotopic (exact) mass is 399 g/mol. The lowest BCUT2D eigenvalue weighted by molar-refractivity contribution is -0.127. The third-order valence-corrected chi connectivity index (χ3v) is 4.72. The van der Waals surface area contributed by atoms with Gasteiger partial charge >= 0.3 is 0 Å². The Bertz CT molecular complexity index is 803. The minimum Gasteiger partial charge on any atom is -0.324 e. The molecule has 1 aromatic carbocycles. The van der Waals surface area contributed by atoms with Gasteiger partial charge in [-0.25, -0.2) is 15.4 Å². The zero-order chi connectivity index (χ0) is 21.2. The highest BCUT2D eigenvalue weighted by Crippen LogP contribution is 2.22. The average molecular weight is 399 g/mol. The number of para-hydroxylation sites is 1. The van der Waals surface area contributed by atoms with E-state index in [9.17, 15) is 9.59 Å². The Morgan fingerprint density at radius 1 is 1.03 bits per heavy atom.